The molecule has 33 heavy (non-hydrogen) atoms. The maximum atomic E-state index is 13.4. The molecule has 0 saturated heterocycles. The van der Waals surface area contributed by atoms with E-state index >= 15 is 0 Å². The fraction of sp³-hybridized carbons (Fsp3) is 0.300. The van der Waals surface area contributed by atoms with Crippen LogP contribution in [0.1, 0.15) is 35.8 Å². The number of carbonyl (C=O) groups is 2. The van der Waals surface area contributed by atoms with Crippen LogP contribution in [0.4, 0.5) is 8.78 Å². The molecule has 0 amide bonds. The van der Waals surface area contributed by atoms with Gasteiger partial charge < -0.3 is 9.47 Å². The van der Waals surface area contributed by atoms with Gasteiger partial charge in [-0.2, -0.15) is 17.2 Å². The summed E-state index contributed by atoms with van der Waals surface area (Å²) in [6, 6.07) is 10.3. The maximum absolute atomic E-state index is 13.4. The molecule has 7 nitrogen and oxygen atoms in total. The summed E-state index contributed by atoms with van der Waals surface area (Å²) in [5.74, 6) is -2.80. The Morgan fingerprint density at radius 2 is 1.48 bits per heavy atom. The van der Waals surface area contributed by atoms with E-state index < -0.39 is 45.8 Å². The monoisotopic (exact) mass is 818 g/mol. The van der Waals surface area contributed by atoms with Gasteiger partial charge in [-0.25, -0.2) is 0 Å². The molecule has 0 aliphatic heterocycles. The van der Waals surface area contributed by atoms with E-state index in [1.165, 1.54) is 0 Å². The number of alkyl halides is 2. The Hall–Kier alpha value is -0.660. The summed E-state index contributed by atoms with van der Waals surface area (Å²) in [4.78, 5) is 25.5. The van der Waals surface area contributed by atoms with Gasteiger partial charge in [0.2, 0.25) is 0 Å². The fourth-order valence-electron chi connectivity index (χ4n) is 3.41. The summed E-state index contributed by atoms with van der Waals surface area (Å²) in [7, 11) is -5.72. The Morgan fingerprint density at radius 1 is 1.00 bits per heavy atom. The van der Waals surface area contributed by atoms with E-state index in [9.17, 15) is 26.8 Å². The van der Waals surface area contributed by atoms with Crippen LogP contribution in [0, 0.1) is 10.7 Å². The van der Waals surface area contributed by atoms with E-state index in [4.69, 9.17) is 9.29 Å². The van der Waals surface area contributed by atoms with Crippen molar-refractivity contribution in [3.63, 3.8) is 0 Å². The summed E-state index contributed by atoms with van der Waals surface area (Å²) >= 11 is 6.32. The molecule has 0 aromatic heterocycles. The van der Waals surface area contributed by atoms with Crippen molar-refractivity contribution in [2.75, 3.05) is 6.61 Å². The van der Waals surface area contributed by atoms with E-state index in [-0.39, 0.29) is 12.8 Å². The van der Waals surface area contributed by atoms with Crippen LogP contribution in [-0.4, -0.2) is 36.8 Å². The molecule has 0 saturated carbocycles. The summed E-state index contributed by atoms with van der Waals surface area (Å²) < 4.78 is 69.7. The van der Waals surface area contributed by atoms with Crippen LogP contribution < -0.4 is 4.74 Å². The first-order valence-corrected chi connectivity index (χ1v) is 14.0. The Kier molecular flexibility index (Phi) is 8.60. The van der Waals surface area contributed by atoms with Crippen molar-refractivity contribution in [1.82, 2.24) is 0 Å². The lowest BCUT2D eigenvalue weighted by atomic mass is 9.76. The molecule has 0 spiro atoms. The number of rotatable bonds is 6. The summed E-state index contributed by atoms with van der Waals surface area (Å²) in [6.07, 6.45) is 0.301. The SMILES string of the molecule is O=C(OCC(F)(F)S(=O)(=O)O)C1CCC(C(=O)Oc2c(I)cc(I)cc2I)c2ccccc21. The predicted octanol–water partition coefficient (Wildman–Crippen LogP) is 5.09. The van der Waals surface area contributed by atoms with Crippen LogP contribution in [0.15, 0.2) is 36.4 Å². The van der Waals surface area contributed by atoms with Crippen molar-refractivity contribution in [2.24, 2.45) is 0 Å². The molecule has 1 N–H and O–H groups in total. The Bertz CT molecular complexity index is 1180. The highest BCUT2D eigenvalue weighted by Crippen LogP contribution is 2.41. The van der Waals surface area contributed by atoms with Gasteiger partial charge in [0.25, 0.3) is 0 Å². The van der Waals surface area contributed by atoms with Gasteiger partial charge in [0, 0.05) is 3.57 Å². The number of benzene rings is 2. The van der Waals surface area contributed by atoms with E-state index in [0.717, 1.165) is 10.7 Å². The second kappa shape index (κ2) is 10.5. The van der Waals surface area contributed by atoms with Gasteiger partial charge in [0.1, 0.15) is 0 Å². The second-order valence-corrected chi connectivity index (χ2v) is 12.3. The average molecular weight is 818 g/mol. The number of esters is 2. The van der Waals surface area contributed by atoms with E-state index in [0.29, 0.717) is 16.9 Å². The van der Waals surface area contributed by atoms with Crippen LogP contribution in [-0.2, 0) is 24.4 Å². The van der Waals surface area contributed by atoms with Gasteiger partial charge in [0.05, 0.1) is 19.0 Å². The van der Waals surface area contributed by atoms with Crippen molar-refractivity contribution < 1.29 is 40.8 Å². The molecule has 0 bridgehead atoms. The van der Waals surface area contributed by atoms with Gasteiger partial charge in [-0.15, -0.1) is 0 Å². The third kappa shape index (κ3) is 6.13. The number of hydrogen-bond donors (Lipinski definition) is 1. The second-order valence-electron chi connectivity index (χ2n) is 7.15. The van der Waals surface area contributed by atoms with Gasteiger partial charge >= 0.3 is 27.3 Å². The minimum absolute atomic E-state index is 0.105. The number of hydrogen-bond acceptors (Lipinski definition) is 6. The average Bonchev–Trinajstić information content (AvgIpc) is 2.72. The van der Waals surface area contributed by atoms with Crippen molar-refractivity contribution in [3.8, 4) is 5.75 Å². The standard InChI is InChI=1S/C20H15F2I3O7S/c21-20(22,33(28,29)30)9-31-18(26)13-5-6-14(12-4-2-1-3-11(12)13)19(27)32-17-15(24)7-10(23)8-16(17)25/h1-4,7-8,13-14H,5-6,9H2,(H,28,29,30). The molecule has 2 aromatic carbocycles. The van der Waals surface area contributed by atoms with Gasteiger partial charge in [0.15, 0.2) is 12.4 Å². The Morgan fingerprint density at radius 3 is 1.97 bits per heavy atom. The van der Waals surface area contributed by atoms with Crippen molar-refractivity contribution in [2.45, 2.75) is 29.9 Å². The summed E-state index contributed by atoms with van der Waals surface area (Å²) in [5, 5.41) is -4.62. The molecule has 1 aliphatic carbocycles. The van der Waals surface area contributed by atoms with E-state index in [2.05, 4.69) is 72.5 Å². The fourth-order valence-corrected chi connectivity index (χ4v) is 7.42. The molecule has 178 valence electrons. The molecule has 3 rings (SSSR count). The van der Waals surface area contributed by atoms with Crippen molar-refractivity contribution >= 4 is 89.8 Å². The summed E-state index contributed by atoms with van der Waals surface area (Å²) in [5.41, 5.74) is 0.922. The van der Waals surface area contributed by atoms with Gasteiger partial charge in [-0.1, -0.05) is 24.3 Å². The number of carbonyl (C=O) groups excluding carboxylic acids is 2. The van der Waals surface area contributed by atoms with E-state index in [1.54, 1.807) is 24.3 Å². The third-order valence-electron chi connectivity index (χ3n) is 4.99. The number of fused-ring (bicyclic) bond motifs is 1. The molecular formula is C20H15F2I3O7S. The molecule has 0 heterocycles. The first-order chi connectivity index (χ1) is 15.3. The number of halogens is 5. The van der Waals surface area contributed by atoms with Crippen molar-refractivity contribution in [1.29, 1.82) is 0 Å². The predicted molar refractivity (Wildman–Crippen MR) is 139 cm³/mol. The van der Waals surface area contributed by atoms with Crippen LogP contribution in [0.25, 0.3) is 0 Å². The normalized spacial score (nSPS) is 18.4. The third-order valence-corrected chi connectivity index (χ3v) is 8.08. The molecule has 1 aliphatic rings. The summed E-state index contributed by atoms with van der Waals surface area (Å²) in [6.45, 7) is -1.81. The lowest BCUT2D eigenvalue weighted by molar-refractivity contribution is -0.152. The van der Waals surface area contributed by atoms with Crippen LogP contribution in [0.5, 0.6) is 5.75 Å². The van der Waals surface area contributed by atoms with E-state index in [1.807, 2.05) is 12.1 Å². The molecule has 0 radical (unpaired) electrons. The smallest absolute Gasteiger partial charge is 0.402 e. The maximum Gasteiger partial charge on any atom is 0.402 e. The lowest BCUT2D eigenvalue weighted by Crippen LogP contribution is -2.36. The topological polar surface area (TPSA) is 107 Å². The zero-order valence-corrected chi connectivity index (χ0v) is 23.7. The minimum atomic E-state index is -5.72. The molecular weight excluding hydrogens is 803 g/mol. The zero-order chi connectivity index (χ0) is 24.6. The van der Waals surface area contributed by atoms with Gasteiger partial charge in [-0.05, 0) is 104 Å². The van der Waals surface area contributed by atoms with Gasteiger partial charge in [-0.3, -0.25) is 14.1 Å². The minimum Gasteiger partial charge on any atom is -0.457 e. The molecule has 0 fully saturated rings. The quantitative estimate of drug-likeness (QED) is 0.188. The first-order valence-electron chi connectivity index (χ1n) is 9.28. The zero-order valence-electron chi connectivity index (χ0n) is 16.4. The first kappa shape index (κ1) is 26.9. The largest absolute Gasteiger partial charge is 0.457 e. The molecule has 13 heteroatoms. The lowest BCUT2D eigenvalue weighted by Gasteiger charge is -2.29. The highest BCUT2D eigenvalue weighted by molar-refractivity contribution is 14.1. The van der Waals surface area contributed by atoms with Crippen molar-refractivity contribution in [3.05, 3.63) is 58.2 Å². The molecule has 2 unspecified atom stereocenters. The highest BCUT2D eigenvalue weighted by atomic mass is 127. The number of ether oxygens (including phenoxy) is 2. The Labute approximate surface area is 229 Å². The highest BCUT2D eigenvalue weighted by Gasteiger charge is 2.46. The molecule has 2 aromatic rings. The Balaban J connectivity index is 1.81. The molecule has 2 atom stereocenters. The van der Waals surface area contributed by atoms with Crippen LogP contribution >= 0.6 is 67.8 Å². The van der Waals surface area contributed by atoms with Crippen LogP contribution in [0.2, 0.25) is 0 Å². The van der Waals surface area contributed by atoms with Crippen LogP contribution in [0.3, 0.4) is 0 Å².